The fraction of sp³-hybridized carbons (Fsp3) is 0. The van der Waals surface area contributed by atoms with E-state index < -0.39 is 16.9 Å². The first-order valence-corrected chi connectivity index (χ1v) is 3.57. The number of hydrogen-bond acceptors (Lipinski definition) is 3. The van der Waals surface area contributed by atoms with Crippen LogP contribution >= 0.6 is 11.8 Å². The minimum atomic E-state index is -0.797. The van der Waals surface area contributed by atoms with Crippen molar-refractivity contribution in [1.29, 1.82) is 0 Å². The molecule has 2 aromatic heterocycles. The molecule has 8 heteroatoms. The van der Waals surface area contributed by atoms with Crippen molar-refractivity contribution in [2.24, 2.45) is 0 Å². The Bertz CT molecular complexity index is 629. The fourth-order valence-corrected chi connectivity index (χ4v) is 1.11. The lowest BCUT2D eigenvalue weighted by molar-refractivity contribution is 0.993. The van der Waals surface area contributed by atoms with E-state index in [0.29, 0.717) is 4.09 Å². The Morgan fingerprint density at radius 2 is 1.77 bits per heavy atom. The van der Waals surface area contributed by atoms with Gasteiger partial charge in [-0.3, -0.25) is 19.7 Å². The van der Waals surface area contributed by atoms with E-state index in [1.54, 1.807) is 0 Å². The van der Waals surface area contributed by atoms with Gasteiger partial charge in [0.25, 0.3) is 5.56 Å². The van der Waals surface area contributed by atoms with Crippen LogP contribution in [-0.2, 0) is 0 Å². The predicted octanol–water partition coefficient (Wildman–Crippen LogP) is -1.29. The monoisotopic (exact) mass is 202 g/mol. The number of fused-ring (bicyclic) bond motifs is 1. The van der Waals surface area contributed by atoms with Gasteiger partial charge in [0, 0.05) is 11.8 Å². The van der Waals surface area contributed by atoms with Gasteiger partial charge in [0.15, 0.2) is 5.52 Å². The average Bonchev–Trinajstić information content (AvgIpc) is 2.42. The van der Waals surface area contributed by atoms with Crippen LogP contribution in [0.1, 0.15) is 0 Å². The second kappa shape index (κ2) is 2.36. The molecule has 0 bridgehead atoms. The van der Waals surface area contributed by atoms with Crippen LogP contribution in [0.15, 0.2) is 14.4 Å². The van der Waals surface area contributed by atoms with Crippen LogP contribution in [0.2, 0.25) is 0 Å². The molecule has 13 heavy (non-hydrogen) atoms. The zero-order valence-electron chi connectivity index (χ0n) is 6.05. The lowest BCUT2D eigenvalue weighted by atomic mass is 10.5. The van der Waals surface area contributed by atoms with Crippen molar-refractivity contribution in [1.82, 2.24) is 19.0 Å². The van der Waals surface area contributed by atoms with Crippen LogP contribution in [0.25, 0.3) is 11.2 Å². The van der Waals surface area contributed by atoms with Crippen molar-refractivity contribution in [2.45, 2.75) is 0 Å². The first-order valence-electron chi connectivity index (χ1n) is 3.23. The van der Waals surface area contributed by atoms with Crippen molar-refractivity contribution >= 4 is 22.9 Å². The lowest BCUT2D eigenvalue weighted by Crippen LogP contribution is -2.29. The van der Waals surface area contributed by atoms with Crippen LogP contribution < -0.4 is 16.9 Å². The van der Waals surface area contributed by atoms with Crippen molar-refractivity contribution in [3.8, 4) is 0 Å². The van der Waals surface area contributed by atoms with Gasteiger partial charge in [0.1, 0.15) is 5.65 Å². The van der Waals surface area contributed by atoms with E-state index in [4.69, 9.17) is 11.8 Å². The molecule has 2 rings (SSSR count). The molecule has 7 nitrogen and oxygen atoms in total. The number of nitrogens with one attached hydrogen (secondary N) is 3. The molecule has 0 saturated heterocycles. The summed E-state index contributed by atoms with van der Waals surface area (Å²) < 4.78 is 0.353. The largest absolute Gasteiger partial charge is 0.345 e. The molecule has 0 amide bonds. The van der Waals surface area contributed by atoms with Crippen LogP contribution in [0.5, 0.6) is 0 Å². The summed E-state index contributed by atoms with van der Waals surface area (Å²) in [7, 11) is 0. The van der Waals surface area contributed by atoms with E-state index in [1.807, 2.05) is 0 Å². The number of aromatic amines is 3. The number of nitrogens with zero attached hydrogens (tertiary/aromatic N) is 1. The molecule has 2 heterocycles. The van der Waals surface area contributed by atoms with Crippen LogP contribution in [0, 0.1) is 0 Å². The molecule has 0 aliphatic rings. The van der Waals surface area contributed by atoms with Crippen molar-refractivity contribution in [3.63, 3.8) is 0 Å². The van der Waals surface area contributed by atoms with E-state index in [2.05, 4.69) is 15.0 Å². The smallest absolute Gasteiger partial charge is 0.300 e. The molecule has 0 fully saturated rings. The second-order valence-corrected chi connectivity index (χ2v) is 2.68. The number of aromatic nitrogens is 4. The Morgan fingerprint density at radius 1 is 1.08 bits per heavy atom. The number of halogens is 1. The number of H-pyrrole nitrogens is 3. The summed E-state index contributed by atoms with van der Waals surface area (Å²) in [6.45, 7) is 0. The minimum absolute atomic E-state index is 0.0388. The van der Waals surface area contributed by atoms with Crippen molar-refractivity contribution in [2.75, 3.05) is 0 Å². The molecule has 0 radical (unpaired) electrons. The second-order valence-electron chi connectivity index (χ2n) is 2.35. The van der Waals surface area contributed by atoms with Gasteiger partial charge in [-0.2, -0.15) is 4.09 Å². The van der Waals surface area contributed by atoms with Gasteiger partial charge in [-0.1, -0.05) is 0 Å². The Labute approximate surface area is 74.1 Å². The molecule has 0 saturated carbocycles. The summed E-state index contributed by atoms with van der Waals surface area (Å²) in [5.41, 5.74) is -2.16. The van der Waals surface area contributed by atoms with Gasteiger partial charge in [-0.15, -0.1) is 0 Å². The Morgan fingerprint density at radius 3 is 2.46 bits per heavy atom. The molecule has 3 N–H and O–H groups in total. The summed E-state index contributed by atoms with van der Waals surface area (Å²) in [6.07, 6.45) is 0. The first kappa shape index (κ1) is 7.87. The van der Waals surface area contributed by atoms with Gasteiger partial charge in [-0.25, -0.2) is 9.59 Å². The quantitative estimate of drug-likeness (QED) is 0.495. The maximum Gasteiger partial charge on any atom is 0.345 e. The first-order chi connectivity index (χ1) is 6.09. The molecule has 0 aromatic carbocycles. The molecule has 0 atom stereocenters. The molecule has 0 spiro atoms. The van der Waals surface area contributed by atoms with Crippen LogP contribution in [0.4, 0.5) is 0 Å². The molecule has 0 aliphatic heterocycles. The van der Waals surface area contributed by atoms with Gasteiger partial charge in [-0.05, 0) is 0 Å². The van der Waals surface area contributed by atoms with E-state index in [-0.39, 0.29) is 11.2 Å². The van der Waals surface area contributed by atoms with Gasteiger partial charge in [0.2, 0.25) is 0 Å². The number of imidazole rings is 1. The highest BCUT2D eigenvalue weighted by Gasteiger charge is 2.07. The van der Waals surface area contributed by atoms with E-state index in [1.165, 1.54) is 0 Å². The highest BCUT2D eigenvalue weighted by molar-refractivity contribution is 6.15. The third-order valence-electron chi connectivity index (χ3n) is 1.53. The van der Waals surface area contributed by atoms with E-state index >= 15 is 0 Å². The van der Waals surface area contributed by atoms with Crippen LogP contribution in [-0.4, -0.2) is 19.0 Å². The van der Waals surface area contributed by atoms with Gasteiger partial charge >= 0.3 is 11.4 Å². The zero-order valence-corrected chi connectivity index (χ0v) is 6.81. The van der Waals surface area contributed by atoms with Crippen molar-refractivity contribution in [3.05, 3.63) is 31.3 Å². The highest BCUT2D eigenvalue weighted by atomic mass is 35.5. The molecule has 0 unspecified atom stereocenters. The third-order valence-corrected chi connectivity index (χ3v) is 1.84. The maximum atomic E-state index is 11.2. The normalized spacial score (nSPS) is 10.8. The van der Waals surface area contributed by atoms with Crippen molar-refractivity contribution < 1.29 is 0 Å². The Kier molecular flexibility index (Phi) is 1.43. The zero-order chi connectivity index (χ0) is 9.59. The summed E-state index contributed by atoms with van der Waals surface area (Å²) in [6, 6.07) is 0. The number of rotatable bonds is 0. The molecule has 68 valence electrons. The number of hydrogen-bond donors (Lipinski definition) is 3. The molecule has 0 aliphatic carbocycles. The maximum absolute atomic E-state index is 11.2. The fourth-order valence-electron chi connectivity index (χ4n) is 0.984. The summed E-state index contributed by atoms with van der Waals surface area (Å²) in [5.74, 6) is 0. The molecular weight excluding hydrogens is 200 g/mol. The predicted molar refractivity (Wildman–Crippen MR) is 45.1 cm³/mol. The van der Waals surface area contributed by atoms with Gasteiger partial charge < -0.3 is 0 Å². The Hall–Kier alpha value is -1.76. The summed E-state index contributed by atoms with van der Waals surface area (Å²) in [4.78, 5) is 39.5. The molecular formula is C5H3ClN4O3. The SMILES string of the molecule is O=c1[nH]c2[nH]c(=O)n(Cl)c(=O)c2[nH]1. The Balaban J connectivity index is 3.19. The highest BCUT2D eigenvalue weighted by Crippen LogP contribution is 1.91. The van der Waals surface area contributed by atoms with E-state index in [9.17, 15) is 14.4 Å². The summed E-state index contributed by atoms with van der Waals surface area (Å²) >= 11 is 5.29. The molecule has 2 aromatic rings. The average molecular weight is 203 g/mol. The third kappa shape index (κ3) is 1.01. The topological polar surface area (TPSA) is 104 Å². The minimum Gasteiger partial charge on any atom is -0.300 e. The van der Waals surface area contributed by atoms with Gasteiger partial charge in [0.05, 0.1) is 0 Å². The van der Waals surface area contributed by atoms with E-state index in [0.717, 1.165) is 0 Å². The standard InChI is InChI=1S/C5H3ClN4O3/c6-10-3(11)1-2(9-5(10)13)8-4(12)7-1/h(H,9,13)(H2,7,8,12). The van der Waals surface area contributed by atoms with Crippen LogP contribution in [0.3, 0.4) is 0 Å². The lowest BCUT2D eigenvalue weighted by Gasteiger charge is -1.90. The summed E-state index contributed by atoms with van der Waals surface area (Å²) in [5, 5.41) is 0.